The minimum absolute atomic E-state index is 0.103. The lowest BCUT2D eigenvalue weighted by Gasteiger charge is -2.20. The molecule has 0 aromatic rings. The summed E-state index contributed by atoms with van der Waals surface area (Å²) in [5.74, 6) is 0.103. The molecule has 0 bridgehead atoms. The highest BCUT2D eigenvalue weighted by molar-refractivity contribution is 5.93. The van der Waals surface area contributed by atoms with Crippen molar-refractivity contribution in [3.63, 3.8) is 0 Å². The van der Waals surface area contributed by atoms with Gasteiger partial charge < -0.3 is 4.90 Å². The number of likely N-dealkylation sites (N-methyl/N-ethyl adjacent to an activating group) is 1. The van der Waals surface area contributed by atoms with E-state index in [9.17, 15) is 4.79 Å². The number of unbranched alkanes of at least 4 members (excludes halogenated alkanes) is 1. The molecule has 2 nitrogen and oxygen atoms in total. The molecule has 0 N–H and O–H groups in total. The summed E-state index contributed by atoms with van der Waals surface area (Å²) in [5, 5.41) is 0. The largest absolute Gasteiger partial charge is 0.372 e. The van der Waals surface area contributed by atoms with Gasteiger partial charge in [0.1, 0.15) is 0 Å². The van der Waals surface area contributed by atoms with Crippen LogP contribution in [0, 0.1) is 0 Å². The number of carbonyl (C=O) groups excluding carboxylic acids is 1. The van der Waals surface area contributed by atoms with E-state index in [0.717, 1.165) is 30.7 Å². The smallest absolute Gasteiger partial charge is 0.175 e. The Balaban J connectivity index is 4.49. The maximum absolute atomic E-state index is 11.3. The van der Waals surface area contributed by atoms with E-state index < -0.39 is 0 Å². The Morgan fingerprint density at radius 3 is 2.36 bits per heavy atom. The molecule has 0 unspecified atom stereocenters. The molecule has 0 amide bonds. The number of ketones is 1. The Kier molecular flexibility index (Phi) is 5.93. The normalized spacial score (nSPS) is 11.3. The van der Waals surface area contributed by atoms with Crippen molar-refractivity contribution >= 4 is 5.78 Å². The van der Waals surface area contributed by atoms with Crippen LogP contribution in [0.25, 0.3) is 0 Å². The lowest BCUT2D eigenvalue weighted by atomic mass is 10.2. The molecule has 0 saturated carbocycles. The van der Waals surface area contributed by atoms with Crippen molar-refractivity contribution in [3.05, 3.63) is 23.9 Å². The second-order valence-electron chi connectivity index (χ2n) is 3.71. The second-order valence-corrected chi connectivity index (χ2v) is 3.71. The minimum Gasteiger partial charge on any atom is -0.372 e. The third kappa shape index (κ3) is 4.85. The quantitative estimate of drug-likeness (QED) is 0.480. The number of rotatable bonds is 6. The van der Waals surface area contributed by atoms with Crippen LogP contribution in [0.1, 0.15) is 33.6 Å². The van der Waals surface area contributed by atoms with Crippen molar-refractivity contribution in [1.82, 2.24) is 4.90 Å². The third-order valence-corrected chi connectivity index (χ3v) is 2.00. The predicted octanol–water partition coefficient (Wildman–Crippen LogP) is 2.77. The SMILES string of the molecule is C=C(C)/C=C(/C(C)=O)N(C)CCCC. The fourth-order valence-electron chi connectivity index (χ4n) is 1.23. The number of allylic oxidation sites excluding steroid dienone is 3. The van der Waals surface area contributed by atoms with Crippen molar-refractivity contribution in [2.24, 2.45) is 0 Å². The molecular formula is C12H21NO. The topological polar surface area (TPSA) is 20.3 Å². The van der Waals surface area contributed by atoms with E-state index in [1.165, 1.54) is 0 Å². The Bertz CT molecular complexity index is 241. The highest BCUT2D eigenvalue weighted by Gasteiger charge is 2.08. The number of nitrogens with zero attached hydrogens (tertiary/aromatic N) is 1. The summed E-state index contributed by atoms with van der Waals surface area (Å²) in [7, 11) is 1.95. The Labute approximate surface area is 87.3 Å². The van der Waals surface area contributed by atoms with Crippen LogP contribution in [0.15, 0.2) is 23.9 Å². The van der Waals surface area contributed by atoms with E-state index >= 15 is 0 Å². The van der Waals surface area contributed by atoms with Gasteiger partial charge in [-0.3, -0.25) is 4.79 Å². The van der Waals surface area contributed by atoms with Crippen molar-refractivity contribution in [2.45, 2.75) is 33.6 Å². The van der Waals surface area contributed by atoms with Crippen molar-refractivity contribution in [1.29, 1.82) is 0 Å². The molecule has 0 aromatic heterocycles. The molecule has 0 saturated heterocycles. The fraction of sp³-hybridized carbons (Fsp3) is 0.583. The zero-order valence-corrected chi connectivity index (χ0v) is 9.76. The van der Waals surface area contributed by atoms with E-state index in [1.807, 2.05) is 24.9 Å². The predicted molar refractivity (Wildman–Crippen MR) is 61.1 cm³/mol. The summed E-state index contributed by atoms with van der Waals surface area (Å²) in [6.45, 7) is 10.3. The summed E-state index contributed by atoms with van der Waals surface area (Å²) >= 11 is 0. The maximum atomic E-state index is 11.3. The molecule has 0 atom stereocenters. The monoisotopic (exact) mass is 195 g/mol. The van der Waals surface area contributed by atoms with Gasteiger partial charge in [-0.05, 0) is 19.4 Å². The highest BCUT2D eigenvalue weighted by Crippen LogP contribution is 2.07. The fourth-order valence-corrected chi connectivity index (χ4v) is 1.23. The van der Waals surface area contributed by atoms with Gasteiger partial charge in [0, 0.05) is 20.5 Å². The summed E-state index contributed by atoms with van der Waals surface area (Å²) < 4.78 is 0. The number of hydrogen-bond donors (Lipinski definition) is 0. The first kappa shape index (κ1) is 12.9. The lowest BCUT2D eigenvalue weighted by molar-refractivity contribution is -0.114. The number of carbonyl (C=O) groups is 1. The molecule has 80 valence electrons. The highest BCUT2D eigenvalue weighted by atomic mass is 16.1. The van der Waals surface area contributed by atoms with Crippen molar-refractivity contribution in [2.75, 3.05) is 13.6 Å². The van der Waals surface area contributed by atoms with Crippen LogP contribution < -0.4 is 0 Å². The summed E-state index contributed by atoms with van der Waals surface area (Å²) in [6.07, 6.45) is 4.10. The van der Waals surface area contributed by atoms with Crippen LogP contribution in [0.4, 0.5) is 0 Å². The molecule has 14 heavy (non-hydrogen) atoms. The van der Waals surface area contributed by atoms with Gasteiger partial charge in [-0.2, -0.15) is 0 Å². The summed E-state index contributed by atoms with van der Waals surface area (Å²) in [5.41, 5.74) is 1.67. The van der Waals surface area contributed by atoms with E-state index in [4.69, 9.17) is 0 Å². The molecule has 0 aromatic carbocycles. The number of hydrogen-bond acceptors (Lipinski definition) is 2. The second kappa shape index (κ2) is 6.41. The van der Waals surface area contributed by atoms with Gasteiger partial charge in [-0.1, -0.05) is 25.5 Å². The molecule has 0 aliphatic heterocycles. The first-order chi connectivity index (χ1) is 6.49. The average Bonchev–Trinajstić information content (AvgIpc) is 2.09. The first-order valence-electron chi connectivity index (χ1n) is 5.08. The minimum atomic E-state index is 0.103. The molecule has 0 spiro atoms. The zero-order valence-electron chi connectivity index (χ0n) is 9.76. The van der Waals surface area contributed by atoms with Crippen molar-refractivity contribution < 1.29 is 4.79 Å². The van der Waals surface area contributed by atoms with Crippen LogP contribution in [-0.4, -0.2) is 24.3 Å². The van der Waals surface area contributed by atoms with E-state index in [-0.39, 0.29) is 5.78 Å². The Morgan fingerprint density at radius 2 is 2.00 bits per heavy atom. The van der Waals surface area contributed by atoms with Gasteiger partial charge in [0.05, 0.1) is 5.70 Å². The Hall–Kier alpha value is -1.05. The molecule has 0 heterocycles. The maximum Gasteiger partial charge on any atom is 0.175 e. The zero-order chi connectivity index (χ0) is 11.1. The van der Waals surface area contributed by atoms with Gasteiger partial charge in [0.25, 0.3) is 0 Å². The van der Waals surface area contributed by atoms with Crippen LogP contribution in [-0.2, 0) is 4.79 Å². The van der Waals surface area contributed by atoms with E-state index in [0.29, 0.717) is 0 Å². The summed E-state index contributed by atoms with van der Waals surface area (Å²) in [4.78, 5) is 13.3. The molecule has 0 aliphatic rings. The van der Waals surface area contributed by atoms with Gasteiger partial charge in [-0.15, -0.1) is 0 Å². The lowest BCUT2D eigenvalue weighted by Crippen LogP contribution is -2.23. The van der Waals surface area contributed by atoms with Crippen LogP contribution in [0.5, 0.6) is 0 Å². The average molecular weight is 195 g/mol. The molecule has 0 aliphatic carbocycles. The Morgan fingerprint density at radius 1 is 1.43 bits per heavy atom. The summed E-state index contributed by atoms with van der Waals surface area (Å²) in [6, 6.07) is 0. The van der Waals surface area contributed by atoms with E-state index in [1.54, 1.807) is 6.92 Å². The van der Waals surface area contributed by atoms with Crippen LogP contribution in [0.3, 0.4) is 0 Å². The van der Waals surface area contributed by atoms with Crippen molar-refractivity contribution in [3.8, 4) is 0 Å². The molecule has 0 fully saturated rings. The molecule has 0 rings (SSSR count). The molecular weight excluding hydrogens is 174 g/mol. The third-order valence-electron chi connectivity index (χ3n) is 2.00. The van der Waals surface area contributed by atoms with Gasteiger partial charge in [-0.25, -0.2) is 0 Å². The van der Waals surface area contributed by atoms with Gasteiger partial charge in [0.15, 0.2) is 5.78 Å². The molecule has 2 heteroatoms. The number of Topliss-reactive ketones (excluding diaryl/α,β-unsaturated/α-hetero) is 1. The van der Waals surface area contributed by atoms with Crippen LogP contribution >= 0.6 is 0 Å². The standard InChI is InChI=1S/C12H21NO/c1-6-7-8-13(5)12(11(4)14)9-10(2)3/h9H,2,6-8H2,1,3-5H3/b12-9-. The van der Waals surface area contributed by atoms with E-state index in [2.05, 4.69) is 13.5 Å². The van der Waals surface area contributed by atoms with Crippen LogP contribution in [0.2, 0.25) is 0 Å². The van der Waals surface area contributed by atoms with Gasteiger partial charge >= 0.3 is 0 Å². The first-order valence-corrected chi connectivity index (χ1v) is 5.08. The van der Waals surface area contributed by atoms with Gasteiger partial charge in [0.2, 0.25) is 0 Å². The molecule has 0 radical (unpaired) electrons.